The highest BCUT2D eigenvalue weighted by Crippen LogP contribution is 2.14. The second-order valence-corrected chi connectivity index (χ2v) is 7.78. The van der Waals surface area contributed by atoms with E-state index in [1.807, 2.05) is 43.0 Å². The van der Waals surface area contributed by atoms with E-state index in [9.17, 15) is 4.79 Å². The van der Waals surface area contributed by atoms with Crippen LogP contribution in [-0.4, -0.2) is 69.4 Å². The summed E-state index contributed by atoms with van der Waals surface area (Å²) in [6.45, 7) is 13.0. The van der Waals surface area contributed by atoms with Crippen LogP contribution in [0.15, 0.2) is 29.3 Å². The zero-order valence-corrected chi connectivity index (χ0v) is 19.5. The maximum absolute atomic E-state index is 12.4. The standard InChI is InChI=1S/C24H40N4O3/c1-4-25-24(26-14-7-15-31-19-21-12-16-30-17-13-21)27-18-20-8-10-22(11-9-20)23(29)28(5-2)6-3/h8-11,21H,4-7,12-19H2,1-3H3,(H2,25,26,27). The fraction of sp³-hybridized carbons (Fsp3) is 0.667. The van der Waals surface area contributed by atoms with Gasteiger partial charge in [0.2, 0.25) is 0 Å². The Labute approximate surface area is 187 Å². The van der Waals surface area contributed by atoms with Crippen molar-refractivity contribution in [2.75, 3.05) is 52.6 Å². The quantitative estimate of drug-likeness (QED) is 0.302. The minimum atomic E-state index is 0.0779. The Morgan fingerprint density at radius 3 is 2.48 bits per heavy atom. The Balaban J connectivity index is 1.72. The van der Waals surface area contributed by atoms with Crippen molar-refractivity contribution in [1.82, 2.24) is 15.5 Å². The van der Waals surface area contributed by atoms with Crippen LogP contribution in [0.3, 0.4) is 0 Å². The molecule has 7 nitrogen and oxygen atoms in total. The van der Waals surface area contributed by atoms with Gasteiger partial charge >= 0.3 is 0 Å². The van der Waals surface area contributed by atoms with E-state index < -0.39 is 0 Å². The normalized spacial score (nSPS) is 15.0. The van der Waals surface area contributed by atoms with Crippen LogP contribution in [0.2, 0.25) is 0 Å². The molecule has 1 aliphatic rings. The Morgan fingerprint density at radius 1 is 1.13 bits per heavy atom. The number of carbonyl (C=O) groups is 1. The molecule has 0 unspecified atom stereocenters. The highest BCUT2D eigenvalue weighted by Gasteiger charge is 2.13. The third-order valence-corrected chi connectivity index (χ3v) is 5.47. The zero-order chi connectivity index (χ0) is 22.3. The summed E-state index contributed by atoms with van der Waals surface area (Å²) >= 11 is 0. The number of nitrogens with zero attached hydrogens (tertiary/aromatic N) is 2. The second-order valence-electron chi connectivity index (χ2n) is 7.78. The maximum atomic E-state index is 12.4. The van der Waals surface area contributed by atoms with Gasteiger partial charge in [-0.25, -0.2) is 4.99 Å². The summed E-state index contributed by atoms with van der Waals surface area (Å²) in [7, 11) is 0. The first-order valence-corrected chi connectivity index (χ1v) is 11.7. The van der Waals surface area contributed by atoms with E-state index in [1.165, 1.54) is 0 Å². The number of carbonyl (C=O) groups excluding carboxylic acids is 1. The summed E-state index contributed by atoms with van der Waals surface area (Å²) in [5.74, 6) is 1.53. The monoisotopic (exact) mass is 432 g/mol. The lowest BCUT2D eigenvalue weighted by Gasteiger charge is -2.21. The van der Waals surface area contributed by atoms with E-state index in [2.05, 4.69) is 22.5 Å². The van der Waals surface area contributed by atoms with Crippen molar-refractivity contribution >= 4 is 11.9 Å². The Kier molecular flexibility index (Phi) is 12.0. The van der Waals surface area contributed by atoms with Crippen molar-refractivity contribution in [1.29, 1.82) is 0 Å². The van der Waals surface area contributed by atoms with Gasteiger partial charge in [0, 0.05) is 58.2 Å². The summed E-state index contributed by atoms with van der Waals surface area (Å²) in [5.41, 5.74) is 1.80. The van der Waals surface area contributed by atoms with E-state index in [1.54, 1.807) is 0 Å². The largest absolute Gasteiger partial charge is 0.381 e. The molecule has 0 radical (unpaired) electrons. The number of rotatable bonds is 12. The van der Waals surface area contributed by atoms with Gasteiger partial charge in [0.1, 0.15) is 0 Å². The Hall–Kier alpha value is -2.12. The fourth-order valence-corrected chi connectivity index (χ4v) is 3.50. The number of hydrogen-bond donors (Lipinski definition) is 2. The molecule has 1 aliphatic heterocycles. The first-order chi connectivity index (χ1) is 15.2. The molecule has 2 N–H and O–H groups in total. The molecule has 0 spiro atoms. The van der Waals surface area contributed by atoms with Crippen LogP contribution in [0.5, 0.6) is 0 Å². The molecule has 1 heterocycles. The lowest BCUT2D eigenvalue weighted by molar-refractivity contribution is 0.0203. The number of ether oxygens (including phenoxy) is 2. The molecule has 7 heteroatoms. The van der Waals surface area contributed by atoms with Crippen LogP contribution in [-0.2, 0) is 16.0 Å². The zero-order valence-electron chi connectivity index (χ0n) is 19.5. The van der Waals surface area contributed by atoms with Gasteiger partial charge in [-0.15, -0.1) is 0 Å². The molecular weight excluding hydrogens is 392 g/mol. The summed E-state index contributed by atoms with van der Waals surface area (Å²) in [6, 6.07) is 7.74. The van der Waals surface area contributed by atoms with Crippen molar-refractivity contribution < 1.29 is 14.3 Å². The van der Waals surface area contributed by atoms with Gasteiger partial charge in [-0.05, 0) is 63.6 Å². The fourth-order valence-electron chi connectivity index (χ4n) is 3.50. The molecule has 1 fully saturated rings. The molecule has 31 heavy (non-hydrogen) atoms. The topological polar surface area (TPSA) is 75.2 Å². The van der Waals surface area contributed by atoms with Crippen LogP contribution in [0.1, 0.15) is 56.0 Å². The maximum Gasteiger partial charge on any atom is 0.253 e. The molecule has 1 aromatic rings. The molecule has 1 amide bonds. The number of guanidine groups is 1. The number of benzene rings is 1. The van der Waals surface area contributed by atoms with Crippen LogP contribution < -0.4 is 10.6 Å². The number of nitrogens with one attached hydrogen (secondary N) is 2. The molecule has 174 valence electrons. The molecule has 0 bridgehead atoms. The summed E-state index contributed by atoms with van der Waals surface area (Å²) in [5, 5.41) is 6.65. The van der Waals surface area contributed by atoms with Gasteiger partial charge in [-0.2, -0.15) is 0 Å². The first kappa shape index (κ1) is 25.1. The van der Waals surface area contributed by atoms with Crippen LogP contribution in [0.25, 0.3) is 0 Å². The average molecular weight is 433 g/mol. The Morgan fingerprint density at radius 2 is 1.84 bits per heavy atom. The SMILES string of the molecule is CCNC(=NCc1ccc(C(=O)N(CC)CC)cc1)NCCCOCC1CCOCC1. The van der Waals surface area contributed by atoms with E-state index in [4.69, 9.17) is 9.47 Å². The smallest absolute Gasteiger partial charge is 0.253 e. The summed E-state index contributed by atoms with van der Waals surface area (Å²) in [6.07, 6.45) is 3.16. The van der Waals surface area contributed by atoms with E-state index in [-0.39, 0.29) is 5.91 Å². The predicted octanol–water partition coefficient (Wildman–Crippen LogP) is 3.06. The lowest BCUT2D eigenvalue weighted by Crippen LogP contribution is -2.38. The molecule has 1 saturated heterocycles. The second kappa shape index (κ2) is 14.8. The number of aliphatic imine (C=N–C) groups is 1. The van der Waals surface area contributed by atoms with E-state index >= 15 is 0 Å². The van der Waals surface area contributed by atoms with Crippen molar-refractivity contribution in [3.63, 3.8) is 0 Å². The highest BCUT2D eigenvalue weighted by atomic mass is 16.5. The van der Waals surface area contributed by atoms with Gasteiger partial charge in [-0.1, -0.05) is 12.1 Å². The molecule has 0 saturated carbocycles. The Bertz CT molecular complexity index is 653. The molecule has 2 rings (SSSR count). The molecule has 0 aromatic heterocycles. The van der Waals surface area contributed by atoms with Gasteiger partial charge in [0.25, 0.3) is 5.91 Å². The van der Waals surface area contributed by atoms with Gasteiger partial charge in [0.05, 0.1) is 6.54 Å². The van der Waals surface area contributed by atoms with Crippen molar-refractivity contribution in [2.45, 2.75) is 46.6 Å². The average Bonchev–Trinajstić information content (AvgIpc) is 2.81. The minimum Gasteiger partial charge on any atom is -0.381 e. The molecule has 1 aromatic carbocycles. The molecular formula is C24H40N4O3. The van der Waals surface area contributed by atoms with Crippen molar-refractivity contribution in [3.8, 4) is 0 Å². The highest BCUT2D eigenvalue weighted by molar-refractivity contribution is 5.94. The molecule has 0 aliphatic carbocycles. The van der Waals surface area contributed by atoms with Gasteiger partial charge in [-0.3, -0.25) is 4.79 Å². The van der Waals surface area contributed by atoms with Crippen molar-refractivity contribution in [2.24, 2.45) is 10.9 Å². The summed E-state index contributed by atoms with van der Waals surface area (Å²) < 4.78 is 11.2. The van der Waals surface area contributed by atoms with Crippen molar-refractivity contribution in [3.05, 3.63) is 35.4 Å². The third-order valence-electron chi connectivity index (χ3n) is 5.47. The van der Waals surface area contributed by atoms with Gasteiger partial charge < -0.3 is 25.0 Å². The minimum absolute atomic E-state index is 0.0779. The summed E-state index contributed by atoms with van der Waals surface area (Å²) in [4.78, 5) is 18.9. The van der Waals surface area contributed by atoms with E-state index in [0.29, 0.717) is 12.5 Å². The lowest BCUT2D eigenvalue weighted by atomic mass is 10.0. The van der Waals surface area contributed by atoms with Gasteiger partial charge in [0.15, 0.2) is 5.96 Å². The number of hydrogen-bond acceptors (Lipinski definition) is 4. The third kappa shape index (κ3) is 9.27. The van der Waals surface area contributed by atoms with Crippen LogP contribution in [0, 0.1) is 5.92 Å². The first-order valence-electron chi connectivity index (χ1n) is 11.7. The molecule has 0 atom stereocenters. The van der Waals surface area contributed by atoms with Crippen LogP contribution >= 0.6 is 0 Å². The number of amides is 1. The van der Waals surface area contributed by atoms with E-state index in [0.717, 1.165) is 89.0 Å². The predicted molar refractivity (Wildman–Crippen MR) is 125 cm³/mol. The van der Waals surface area contributed by atoms with Crippen LogP contribution in [0.4, 0.5) is 0 Å².